The van der Waals surface area contributed by atoms with Crippen LogP contribution in [0.25, 0.3) is 11.1 Å². The number of carbonyl (C=O) groups is 1. The number of aromatic carboxylic acids is 1. The highest BCUT2D eigenvalue weighted by molar-refractivity contribution is 5.90. The van der Waals surface area contributed by atoms with E-state index in [4.69, 9.17) is 9.84 Å². The molecule has 5 heteroatoms. The first-order chi connectivity index (χ1) is 9.04. The lowest BCUT2D eigenvalue weighted by atomic mass is 10.0. The fraction of sp³-hybridized carbons (Fsp3) is 0.0714. The Balaban J connectivity index is 2.68. The van der Waals surface area contributed by atoms with E-state index in [1.165, 1.54) is 31.4 Å². The number of hydrogen-bond donors (Lipinski definition) is 1. The molecule has 0 bridgehead atoms. The lowest BCUT2D eigenvalue weighted by Gasteiger charge is -2.10. The van der Waals surface area contributed by atoms with Crippen molar-refractivity contribution >= 4 is 5.97 Å². The van der Waals surface area contributed by atoms with E-state index < -0.39 is 23.2 Å². The van der Waals surface area contributed by atoms with E-state index in [-0.39, 0.29) is 16.9 Å². The molecule has 0 radical (unpaired) electrons. The summed E-state index contributed by atoms with van der Waals surface area (Å²) in [5.41, 5.74) is -0.317. The van der Waals surface area contributed by atoms with E-state index in [2.05, 4.69) is 0 Å². The van der Waals surface area contributed by atoms with Gasteiger partial charge in [-0.05, 0) is 24.3 Å². The van der Waals surface area contributed by atoms with Crippen molar-refractivity contribution in [3.63, 3.8) is 0 Å². The maximum Gasteiger partial charge on any atom is 0.338 e. The molecule has 0 fully saturated rings. The Morgan fingerprint density at radius 2 is 1.89 bits per heavy atom. The molecule has 0 saturated heterocycles. The van der Waals surface area contributed by atoms with Crippen LogP contribution in [0, 0.1) is 11.6 Å². The standard InChI is InChI=1S/C14H10F2O3/c1-19-12-6-5-8(15)7-11(12)9-3-2-4-10(13(9)16)14(17)18/h2-7H,1H3,(H,17,18). The van der Waals surface area contributed by atoms with Gasteiger partial charge in [0.05, 0.1) is 12.7 Å². The minimum absolute atomic E-state index is 0.0174. The van der Waals surface area contributed by atoms with E-state index >= 15 is 0 Å². The molecule has 2 rings (SSSR count). The van der Waals surface area contributed by atoms with Crippen LogP contribution >= 0.6 is 0 Å². The average molecular weight is 264 g/mol. The van der Waals surface area contributed by atoms with E-state index in [9.17, 15) is 13.6 Å². The van der Waals surface area contributed by atoms with E-state index in [0.29, 0.717) is 0 Å². The number of rotatable bonds is 3. The zero-order valence-electron chi connectivity index (χ0n) is 9.98. The summed E-state index contributed by atoms with van der Waals surface area (Å²) in [4.78, 5) is 10.9. The average Bonchev–Trinajstić information content (AvgIpc) is 2.38. The minimum atomic E-state index is -1.38. The highest BCUT2D eigenvalue weighted by atomic mass is 19.1. The summed E-state index contributed by atoms with van der Waals surface area (Å²) in [5.74, 6) is -2.59. The fourth-order valence-corrected chi connectivity index (χ4v) is 1.80. The molecule has 19 heavy (non-hydrogen) atoms. The zero-order valence-corrected chi connectivity index (χ0v) is 9.98. The van der Waals surface area contributed by atoms with Crippen LogP contribution in [-0.4, -0.2) is 18.2 Å². The van der Waals surface area contributed by atoms with Gasteiger partial charge in [0, 0.05) is 11.1 Å². The molecule has 0 heterocycles. The molecule has 3 nitrogen and oxygen atoms in total. The number of carboxylic acid groups (broad SMARTS) is 1. The Bertz CT molecular complexity index is 639. The van der Waals surface area contributed by atoms with Crippen molar-refractivity contribution in [1.82, 2.24) is 0 Å². The van der Waals surface area contributed by atoms with Crippen molar-refractivity contribution in [2.75, 3.05) is 7.11 Å². The third-order valence-electron chi connectivity index (χ3n) is 2.68. The van der Waals surface area contributed by atoms with Gasteiger partial charge in [0.25, 0.3) is 0 Å². The summed E-state index contributed by atoms with van der Waals surface area (Å²) in [5, 5.41) is 8.87. The van der Waals surface area contributed by atoms with Gasteiger partial charge in [-0.1, -0.05) is 12.1 Å². The van der Waals surface area contributed by atoms with Gasteiger partial charge in [-0.2, -0.15) is 0 Å². The van der Waals surface area contributed by atoms with Crippen LogP contribution in [0.4, 0.5) is 8.78 Å². The molecule has 0 aromatic heterocycles. The number of hydrogen-bond acceptors (Lipinski definition) is 2. The molecule has 98 valence electrons. The van der Waals surface area contributed by atoms with Gasteiger partial charge >= 0.3 is 5.97 Å². The lowest BCUT2D eigenvalue weighted by molar-refractivity contribution is 0.0692. The molecule has 1 N–H and O–H groups in total. The molecule has 0 unspecified atom stereocenters. The highest BCUT2D eigenvalue weighted by Crippen LogP contribution is 2.33. The quantitative estimate of drug-likeness (QED) is 0.924. The van der Waals surface area contributed by atoms with Crippen LogP contribution in [0.5, 0.6) is 5.75 Å². The molecule has 2 aromatic rings. The van der Waals surface area contributed by atoms with Gasteiger partial charge in [0.2, 0.25) is 0 Å². The summed E-state index contributed by atoms with van der Waals surface area (Å²) in [7, 11) is 1.37. The molecule has 0 spiro atoms. The Morgan fingerprint density at radius 1 is 1.16 bits per heavy atom. The molecule has 0 amide bonds. The molecular formula is C14H10F2O3. The second-order valence-corrected chi connectivity index (χ2v) is 3.82. The number of benzene rings is 2. The normalized spacial score (nSPS) is 10.3. The third-order valence-corrected chi connectivity index (χ3v) is 2.68. The van der Waals surface area contributed by atoms with E-state index in [1.807, 2.05) is 0 Å². The van der Waals surface area contributed by atoms with Crippen LogP contribution in [0.3, 0.4) is 0 Å². The second kappa shape index (κ2) is 5.06. The van der Waals surface area contributed by atoms with Crippen LogP contribution in [0.2, 0.25) is 0 Å². The first-order valence-corrected chi connectivity index (χ1v) is 5.40. The first-order valence-electron chi connectivity index (χ1n) is 5.40. The fourth-order valence-electron chi connectivity index (χ4n) is 1.80. The van der Waals surface area contributed by atoms with Crippen molar-refractivity contribution in [1.29, 1.82) is 0 Å². The molecule has 0 atom stereocenters. The second-order valence-electron chi connectivity index (χ2n) is 3.82. The zero-order chi connectivity index (χ0) is 14.0. The van der Waals surface area contributed by atoms with Crippen LogP contribution in [0.15, 0.2) is 36.4 Å². The molecule has 0 aliphatic heterocycles. The third kappa shape index (κ3) is 2.40. The van der Waals surface area contributed by atoms with Crippen LogP contribution in [0.1, 0.15) is 10.4 Å². The molecule has 0 aliphatic rings. The van der Waals surface area contributed by atoms with Gasteiger partial charge in [0.15, 0.2) is 0 Å². The lowest BCUT2D eigenvalue weighted by Crippen LogP contribution is -2.02. The predicted octanol–water partition coefficient (Wildman–Crippen LogP) is 3.34. The van der Waals surface area contributed by atoms with Gasteiger partial charge in [0.1, 0.15) is 17.4 Å². The SMILES string of the molecule is COc1ccc(F)cc1-c1cccc(C(=O)O)c1F. The number of carboxylic acids is 1. The summed E-state index contributed by atoms with van der Waals surface area (Å²) in [6, 6.07) is 7.56. The number of ether oxygens (including phenoxy) is 1. The van der Waals surface area contributed by atoms with Gasteiger partial charge < -0.3 is 9.84 Å². The Kier molecular flexibility index (Phi) is 3.46. The monoisotopic (exact) mass is 264 g/mol. The van der Waals surface area contributed by atoms with Gasteiger partial charge in [-0.25, -0.2) is 13.6 Å². The van der Waals surface area contributed by atoms with Gasteiger partial charge in [-0.3, -0.25) is 0 Å². The van der Waals surface area contributed by atoms with Crippen molar-refractivity contribution in [2.24, 2.45) is 0 Å². The van der Waals surface area contributed by atoms with Crippen LogP contribution in [-0.2, 0) is 0 Å². The summed E-state index contributed by atoms with van der Waals surface area (Å²) >= 11 is 0. The number of methoxy groups -OCH3 is 1. The van der Waals surface area contributed by atoms with E-state index in [1.54, 1.807) is 0 Å². The van der Waals surface area contributed by atoms with Crippen molar-refractivity contribution in [3.8, 4) is 16.9 Å². The molecule has 0 aliphatic carbocycles. The predicted molar refractivity (Wildman–Crippen MR) is 65.3 cm³/mol. The van der Waals surface area contributed by atoms with Gasteiger partial charge in [-0.15, -0.1) is 0 Å². The summed E-state index contributed by atoms with van der Waals surface area (Å²) in [6.07, 6.45) is 0. The topological polar surface area (TPSA) is 46.5 Å². The minimum Gasteiger partial charge on any atom is -0.496 e. The maximum absolute atomic E-state index is 14.1. The molecule has 2 aromatic carbocycles. The summed E-state index contributed by atoms with van der Waals surface area (Å²) < 4.78 is 32.4. The Labute approximate surface area is 108 Å². The smallest absolute Gasteiger partial charge is 0.338 e. The maximum atomic E-state index is 14.1. The molecular weight excluding hydrogens is 254 g/mol. The number of halogens is 2. The largest absolute Gasteiger partial charge is 0.496 e. The Hall–Kier alpha value is -2.43. The van der Waals surface area contributed by atoms with Crippen LogP contribution < -0.4 is 4.74 Å². The van der Waals surface area contributed by atoms with Crippen molar-refractivity contribution in [3.05, 3.63) is 53.6 Å². The van der Waals surface area contributed by atoms with Crippen molar-refractivity contribution in [2.45, 2.75) is 0 Å². The molecule has 0 saturated carbocycles. The highest BCUT2D eigenvalue weighted by Gasteiger charge is 2.17. The Morgan fingerprint density at radius 3 is 2.53 bits per heavy atom. The van der Waals surface area contributed by atoms with E-state index in [0.717, 1.165) is 12.1 Å². The first kappa shape index (κ1) is 13.0. The summed E-state index contributed by atoms with van der Waals surface area (Å²) in [6.45, 7) is 0. The van der Waals surface area contributed by atoms with Crippen molar-refractivity contribution < 1.29 is 23.4 Å².